The molecule has 0 radical (unpaired) electrons. The lowest BCUT2D eigenvalue weighted by Gasteiger charge is -2.29. The second kappa shape index (κ2) is 7.29. The Morgan fingerprint density at radius 2 is 1.66 bits per heavy atom. The minimum Gasteiger partial charge on any atom is -0.273 e. The van der Waals surface area contributed by atoms with Crippen molar-refractivity contribution in [3.63, 3.8) is 0 Å². The molecule has 2 amide bonds. The highest BCUT2D eigenvalue weighted by atomic mass is 16.7. The number of carbonyl (C=O) groups excluding carboxylic acids is 2. The molecule has 0 aliphatic carbocycles. The smallest absolute Gasteiger partial charge is 0.269 e. The highest BCUT2D eigenvalue weighted by Crippen LogP contribution is 2.42. The standard InChI is InChI=1S/C21H21N3O5/c1-13(2)12-17-18-19(29-23(17)15-6-4-3-5-7-15)21(26)22(20(18)25)14-8-10-16(11-9-14)24(27)28/h3-11,13,17-19H,12H2,1-2H3/t17-,18+,19-/m0/s1. The number of nitro groups is 1. The van der Waals surface area contributed by atoms with E-state index in [1.165, 1.54) is 24.3 Å². The first-order valence-electron chi connectivity index (χ1n) is 9.52. The number of carbonyl (C=O) groups is 2. The molecular weight excluding hydrogens is 374 g/mol. The van der Waals surface area contributed by atoms with E-state index in [-0.39, 0.29) is 17.6 Å². The fourth-order valence-corrected chi connectivity index (χ4v) is 4.02. The fourth-order valence-electron chi connectivity index (χ4n) is 4.02. The lowest BCUT2D eigenvalue weighted by molar-refractivity contribution is -0.384. The number of nitrogens with zero attached hydrogens (tertiary/aromatic N) is 3. The first-order valence-corrected chi connectivity index (χ1v) is 9.52. The van der Waals surface area contributed by atoms with Crippen LogP contribution in [0.1, 0.15) is 20.3 Å². The average molecular weight is 395 g/mol. The second-order valence-corrected chi connectivity index (χ2v) is 7.70. The third kappa shape index (κ3) is 3.25. The summed E-state index contributed by atoms with van der Waals surface area (Å²) in [4.78, 5) is 43.7. The van der Waals surface area contributed by atoms with Gasteiger partial charge in [-0.25, -0.2) is 9.96 Å². The molecule has 0 unspecified atom stereocenters. The van der Waals surface area contributed by atoms with Crippen LogP contribution in [0.2, 0.25) is 0 Å². The minimum absolute atomic E-state index is 0.0998. The Balaban J connectivity index is 1.66. The number of fused-ring (bicyclic) bond motifs is 1. The first-order chi connectivity index (χ1) is 13.9. The van der Waals surface area contributed by atoms with Crippen LogP contribution >= 0.6 is 0 Å². The van der Waals surface area contributed by atoms with Crippen molar-refractivity contribution in [2.75, 3.05) is 9.96 Å². The average Bonchev–Trinajstić information content (AvgIpc) is 3.18. The second-order valence-electron chi connectivity index (χ2n) is 7.70. The van der Waals surface area contributed by atoms with Gasteiger partial charge in [-0.2, -0.15) is 0 Å². The van der Waals surface area contributed by atoms with Gasteiger partial charge in [0.1, 0.15) is 0 Å². The summed E-state index contributed by atoms with van der Waals surface area (Å²) in [6, 6.07) is 14.6. The van der Waals surface area contributed by atoms with Crippen molar-refractivity contribution < 1.29 is 19.3 Å². The van der Waals surface area contributed by atoms with E-state index in [2.05, 4.69) is 13.8 Å². The number of amides is 2. The zero-order chi connectivity index (χ0) is 20.7. The molecule has 8 heteroatoms. The van der Waals surface area contributed by atoms with E-state index >= 15 is 0 Å². The van der Waals surface area contributed by atoms with Crippen LogP contribution in [0.3, 0.4) is 0 Å². The maximum atomic E-state index is 13.2. The van der Waals surface area contributed by atoms with Crippen molar-refractivity contribution in [3.8, 4) is 0 Å². The van der Waals surface area contributed by atoms with Crippen molar-refractivity contribution in [2.24, 2.45) is 11.8 Å². The Kier molecular flexibility index (Phi) is 4.79. The summed E-state index contributed by atoms with van der Waals surface area (Å²) < 4.78 is 0. The molecule has 29 heavy (non-hydrogen) atoms. The molecule has 0 N–H and O–H groups in total. The Morgan fingerprint density at radius 3 is 2.24 bits per heavy atom. The SMILES string of the molecule is CC(C)C[C@H]1[C@H]2C(=O)N(c3ccc([N+](=O)[O-])cc3)C(=O)[C@H]2ON1c1ccccc1. The van der Waals surface area contributed by atoms with E-state index in [0.29, 0.717) is 18.0 Å². The van der Waals surface area contributed by atoms with Crippen molar-refractivity contribution in [1.29, 1.82) is 0 Å². The lowest BCUT2D eigenvalue weighted by Crippen LogP contribution is -2.41. The van der Waals surface area contributed by atoms with Gasteiger partial charge < -0.3 is 0 Å². The van der Waals surface area contributed by atoms with Crippen LogP contribution in [0.25, 0.3) is 0 Å². The molecule has 2 fully saturated rings. The van der Waals surface area contributed by atoms with E-state index in [9.17, 15) is 19.7 Å². The van der Waals surface area contributed by atoms with Crippen molar-refractivity contribution in [3.05, 3.63) is 64.7 Å². The van der Waals surface area contributed by atoms with Crippen LogP contribution in [-0.2, 0) is 14.4 Å². The molecule has 8 nitrogen and oxygen atoms in total. The third-order valence-electron chi connectivity index (χ3n) is 5.28. The Morgan fingerprint density at radius 1 is 1.00 bits per heavy atom. The predicted molar refractivity (Wildman–Crippen MR) is 106 cm³/mol. The largest absolute Gasteiger partial charge is 0.273 e. The lowest BCUT2D eigenvalue weighted by atomic mass is 9.90. The third-order valence-corrected chi connectivity index (χ3v) is 5.28. The van der Waals surface area contributed by atoms with Crippen LogP contribution in [0.5, 0.6) is 0 Å². The molecule has 2 aliphatic rings. The summed E-state index contributed by atoms with van der Waals surface area (Å²) in [5.41, 5.74) is 1.02. The van der Waals surface area contributed by atoms with E-state index in [1.54, 1.807) is 5.06 Å². The Labute approximate surface area is 167 Å². The van der Waals surface area contributed by atoms with E-state index < -0.39 is 22.9 Å². The number of nitro benzene ring substituents is 1. The number of rotatable bonds is 5. The van der Waals surface area contributed by atoms with Crippen LogP contribution in [0.15, 0.2) is 54.6 Å². The zero-order valence-corrected chi connectivity index (χ0v) is 16.1. The molecule has 3 atom stereocenters. The quantitative estimate of drug-likeness (QED) is 0.438. The molecule has 0 bridgehead atoms. The molecule has 2 aromatic rings. The molecule has 4 rings (SSSR count). The number of imide groups is 1. The molecule has 2 saturated heterocycles. The van der Waals surface area contributed by atoms with Crippen LogP contribution in [0, 0.1) is 22.0 Å². The van der Waals surface area contributed by atoms with Gasteiger partial charge in [0.05, 0.1) is 28.3 Å². The Hall–Kier alpha value is -3.26. The summed E-state index contributed by atoms with van der Waals surface area (Å²) in [5, 5.41) is 12.6. The number of hydroxylamine groups is 1. The molecule has 2 aromatic carbocycles. The van der Waals surface area contributed by atoms with Gasteiger partial charge in [-0.15, -0.1) is 0 Å². The topological polar surface area (TPSA) is 93.0 Å². The maximum Gasteiger partial charge on any atom is 0.269 e. The molecule has 150 valence electrons. The van der Waals surface area contributed by atoms with E-state index in [4.69, 9.17) is 4.84 Å². The van der Waals surface area contributed by atoms with E-state index in [1.807, 2.05) is 30.3 Å². The predicted octanol–water partition coefficient (Wildman–Crippen LogP) is 3.32. The summed E-state index contributed by atoms with van der Waals surface area (Å²) in [7, 11) is 0. The molecule has 0 spiro atoms. The molecule has 2 heterocycles. The molecular formula is C21H21N3O5. The van der Waals surface area contributed by atoms with Crippen molar-refractivity contribution in [2.45, 2.75) is 32.4 Å². The van der Waals surface area contributed by atoms with Gasteiger partial charge in [-0.05, 0) is 36.6 Å². The van der Waals surface area contributed by atoms with Gasteiger partial charge in [0.25, 0.3) is 11.6 Å². The fraction of sp³-hybridized carbons (Fsp3) is 0.333. The number of benzene rings is 2. The van der Waals surface area contributed by atoms with Gasteiger partial charge in [0.15, 0.2) is 6.10 Å². The monoisotopic (exact) mass is 395 g/mol. The van der Waals surface area contributed by atoms with Gasteiger partial charge >= 0.3 is 0 Å². The molecule has 0 aromatic heterocycles. The maximum absolute atomic E-state index is 13.2. The van der Waals surface area contributed by atoms with Gasteiger partial charge in [-0.3, -0.25) is 24.5 Å². The van der Waals surface area contributed by atoms with Gasteiger partial charge in [0, 0.05) is 12.1 Å². The van der Waals surface area contributed by atoms with Crippen LogP contribution in [-0.4, -0.2) is 28.9 Å². The van der Waals surface area contributed by atoms with Crippen molar-refractivity contribution >= 4 is 28.9 Å². The molecule has 2 aliphatic heterocycles. The highest BCUT2D eigenvalue weighted by molar-refractivity contribution is 6.23. The number of non-ortho nitro benzene ring substituents is 1. The summed E-state index contributed by atoms with van der Waals surface area (Å²) in [6.07, 6.45) is -0.218. The number of anilines is 2. The Bertz CT molecular complexity index is 945. The summed E-state index contributed by atoms with van der Waals surface area (Å²) in [5.74, 6) is -1.11. The summed E-state index contributed by atoms with van der Waals surface area (Å²) in [6.45, 7) is 4.12. The van der Waals surface area contributed by atoms with E-state index in [0.717, 1.165) is 10.6 Å². The van der Waals surface area contributed by atoms with Gasteiger partial charge in [0.2, 0.25) is 5.91 Å². The van der Waals surface area contributed by atoms with Crippen molar-refractivity contribution in [1.82, 2.24) is 0 Å². The number of hydrogen-bond donors (Lipinski definition) is 0. The zero-order valence-electron chi connectivity index (χ0n) is 16.1. The first kappa shape index (κ1) is 19.1. The summed E-state index contributed by atoms with van der Waals surface area (Å²) >= 11 is 0. The molecule has 0 saturated carbocycles. The highest BCUT2D eigenvalue weighted by Gasteiger charge is 2.59. The van der Waals surface area contributed by atoms with Crippen LogP contribution in [0.4, 0.5) is 17.1 Å². The normalized spacial score (nSPS) is 23.8. The number of para-hydroxylation sites is 1. The minimum atomic E-state index is -0.901. The number of hydrogen-bond acceptors (Lipinski definition) is 6. The van der Waals surface area contributed by atoms with Crippen LogP contribution < -0.4 is 9.96 Å². The van der Waals surface area contributed by atoms with Gasteiger partial charge in [-0.1, -0.05) is 32.0 Å².